The maximum Gasteiger partial charge on any atom is 0.305 e. The Morgan fingerprint density at radius 1 is 1.39 bits per heavy atom. The van der Waals surface area contributed by atoms with Crippen molar-refractivity contribution in [3.63, 3.8) is 0 Å². The van der Waals surface area contributed by atoms with Crippen molar-refractivity contribution in [3.8, 4) is 0 Å². The predicted molar refractivity (Wildman–Crippen MR) is 65.6 cm³/mol. The third kappa shape index (κ3) is 3.69. The average molecular weight is 252 g/mol. The van der Waals surface area contributed by atoms with Gasteiger partial charge in [0.15, 0.2) is 11.5 Å². The number of carbonyl (C=O) groups excluding carboxylic acids is 1. The molecule has 0 unspecified atom stereocenters. The quantitative estimate of drug-likeness (QED) is 0.747. The molecule has 0 aliphatic carbocycles. The van der Waals surface area contributed by atoms with Gasteiger partial charge in [-0.25, -0.2) is 0 Å². The molecule has 0 spiro atoms. The van der Waals surface area contributed by atoms with Crippen LogP contribution in [0.5, 0.6) is 0 Å². The van der Waals surface area contributed by atoms with Crippen molar-refractivity contribution in [2.24, 2.45) is 0 Å². The lowest BCUT2D eigenvalue weighted by Crippen LogP contribution is -2.27. The SMILES string of the molecule is CCN(CCC(=O)O)c1ccc(C(=O)NC)nn1. The van der Waals surface area contributed by atoms with Crippen LogP contribution >= 0.6 is 0 Å². The molecule has 7 nitrogen and oxygen atoms in total. The second-order valence-electron chi connectivity index (χ2n) is 3.58. The molecule has 0 aliphatic rings. The minimum atomic E-state index is -0.858. The zero-order valence-corrected chi connectivity index (χ0v) is 10.4. The second-order valence-corrected chi connectivity index (χ2v) is 3.58. The number of amides is 1. The van der Waals surface area contributed by atoms with Crippen molar-refractivity contribution in [1.82, 2.24) is 15.5 Å². The van der Waals surface area contributed by atoms with E-state index in [0.717, 1.165) is 0 Å². The van der Waals surface area contributed by atoms with E-state index in [2.05, 4.69) is 15.5 Å². The summed E-state index contributed by atoms with van der Waals surface area (Å²) in [6, 6.07) is 3.22. The number of hydrogen-bond acceptors (Lipinski definition) is 5. The fourth-order valence-electron chi connectivity index (χ4n) is 1.41. The summed E-state index contributed by atoms with van der Waals surface area (Å²) in [6.45, 7) is 2.89. The molecule has 0 aliphatic heterocycles. The number of hydrogen-bond donors (Lipinski definition) is 2. The van der Waals surface area contributed by atoms with E-state index in [4.69, 9.17) is 5.11 Å². The molecule has 0 atom stereocenters. The fourth-order valence-corrected chi connectivity index (χ4v) is 1.41. The molecule has 18 heavy (non-hydrogen) atoms. The van der Waals surface area contributed by atoms with Crippen LogP contribution in [-0.2, 0) is 4.79 Å². The third-order valence-electron chi connectivity index (χ3n) is 2.41. The lowest BCUT2D eigenvalue weighted by atomic mass is 10.3. The fraction of sp³-hybridized carbons (Fsp3) is 0.455. The Labute approximate surface area is 105 Å². The van der Waals surface area contributed by atoms with E-state index in [9.17, 15) is 9.59 Å². The van der Waals surface area contributed by atoms with Crippen molar-refractivity contribution in [2.45, 2.75) is 13.3 Å². The molecule has 2 N–H and O–H groups in total. The molecule has 1 aromatic rings. The molecule has 1 amide bonds. The number of carboxylic acid groups (broad SMARTS) is 1. The van der Waals surface area contributed by atoms with Gasteiger partial charge in [-0.15, -0.1) is 10.2 Å². The van der Waals surface area contributed by atoms with Crippen molar-refractivity contribution in [3.05, 3.63) is 17.8 Å². The number of carboxylic acids is 1. The molecule has 0 radical (unpaired) electrons. The normalized spacial score (nSPS) is 9.89. The zero-order valence-electron chi connectivity index (χ0n) is 10.4. The number of carbonyl (C=O) groups is 2. The van der Waals surface area contributed by atoms with Gasteiger partial charge in [-0.05, 0) is 19.1 Å². The molecule has 98 valence electrons. The van der Waals surface area contributed by atoms with Crippen molar-refractivity contribution >= 4 is 17.7 Å². The van der Waals surface area contributed by atoms with E-state index in [0.29, 0.717) is 18.9 Å². The molecule has 1 rings (SSSR count). The van der Waals surface area contributed by atoms with Gasteiger partial charge in [0, 0.05) is 20.1 Å². The summed E-state index contributed by atoms with van der Waals surface area (Å²) in [5, 5.41) is 18.8. The Bertz CT molecular complexity index is 419. The highest BCUT2D eigenvalue weighted by atomic mass is 16.4. The van der Waals surface area contributed by atoms with Gasteiger partial charge in [0.05, 0.1) is 6.42 Å². The Kier molecular flexibility index (Phi) is 5.04. The molecule has 0 saturated carbocycles. The highest BCUT2D eigenvalue weighted by Gasteiger charge is 2.10. The smallest absolute Gasteiger partial charge is 0.305 e. The first-order chi connectivity index (χ1) is 8.58. The highest BCUT2D eigenvalue weighted by Crippen LogP contribution is 2.09. The maximum atomic E-state index is 11.3. The van der Waals surface area contributed by atoms with Crippen molar-refractivity contribution < 1.29 is 14.7 Å². The summed E-state index contributed by atoms with van der Waals surface area (Å²) in [4.78, 5) is 23.6. The van der Waals surface area contributed by atoms with Crippen LogP contribution in [-0.4, -0.2) is 47.3 Å². The zero-order chi connectivity index (χ0) is 13.5. The van der Waals surface area contributed by atoms with Crippen LogP contribution in [0.4, 0.5) is 5.82 Å². The van der Waals surface area contributed by atoms with E-state index in [-0.39, 0.29) is 18.0 Å². The van der Waals surface area contributed by atoms with Gasteiger partial charge in [-0.1, -0.05) is 0 Å². The number of aliphatic carboxylic acids is 1. The summed E-state index contributed by atoms with van der Waals surface area (Å²) >= 11 is 0. The third-order valence-corrected chi connectivity index (χ3v) is 2.41. The van der Waals surface area contributed by atoms with Crippen LogP contribution in [0.2, 0.25) is 0 Å². The highest BCUT2D eigenvalue weighted by molar-refractivity contribution is 5.91. The molecule has 1 aromatic heterocycles. The topological polar surface area (TPSA) is 95.4 Å². The van der Waals surface area contributed by atoms with Gasteiger partial charge in [-0.3, -0.25) is 9.59 Å². The Hall–Kier alpha value is -2.18. The number of anilines is 1. The average Bonchev–Trinajstić information content (AvgIpc) is 2.39. The summed E-state index contributed by atoms with van der Waals surface area (Å²) in [6.07, 6.45) is 0.0344. The summed E-state index contributed by atoms with van der Waals surface area (Å²) in [7, 11) is 1.52. The van der Waals surface area contributed by atoms with Gasteiger partial charge < -0.3 is 15.3 Å². The minimum Gasteiger partial charge on any atom is -0.481 e. The molecule has 0 saturated heterocycles. The first-order valence-corrected chi connectivity index (χ1v) is 5.61. The lowest BCUT2D eigenvalue weighted by molar-refractivity contribution is -0.136. The lowest BCUT2D eigenvalue weighted by Gasteiger charge is -2.20. The molecular formula is C11H16N4O3. The Morgan fingerprint density at radius 3 is 2.56 bits per heavy atom. The van der Waals surface area contributed by atoms with Crippen LogP contribution in [0.1, 0.15) is 23.8 Å². The second kappa shape index (κ2) is 6.53. The molecule has 0 bridgehead atoms. The number of nitrogens with one attached hydrogen (secondary N) is 1. The van der Waals surface area contributed by atoms with Crippen LogP contribution < -0.4 is 10.2 Å². The van der Waals surface area contributed by atoms with Crippen molar-refractivity contribution in [2.75, 3.05) is 25.0 Å². The maximum absolute atomic E-state index is 11.3. The van der Waals surface area contributed by atoms with Crippen LogP contribution in [0, 0.1) is 0 Å². The van der Waals surface area contributed by atoms with E-state index in [1.165, 1.54) is 7.05 Å². The van der Waals surface area contributed by atoms with E-state index in [1.54, 1.807) is 17.0 Å². The number of rotatable bonds is 6. The minimum absolute atomic E-state index is 0.0344. The standard InChI is InChI=1S/C11H16N4O3/c1-3-15(7-6-10(16)17)9-5-4-8(13-14-9)11(18)12-2/h4-5H,3,6-7H2,1-2H3,(H,12,18)(H,16,17). The van der Waals surface area contributed by atoms with Crippen LogP contribution in [0.25, 0.3) is 0 Å². The molecule has 1 heterocycles. The van der Waals surface area contributed by atoms with Gasteiger partial charge in [0.25, 0.3) is 5.91 Å². The van der Waals surface area contributed by atoms with Crippen LogP contribution in [0.3, 0.4) is 0 Å². The largest absolute Gasteiger partial charge is 0.481 e. The van der Waals surface area contributed by atoms with Crippen molar-refractivity contribution in [1.29, 1.82) is 0 Å². The first-order valence-electron chi connectivity index (χ1n) is 5.61. The van der Waals surface area contributed by atoms with E-state index >= 15 is 0 Å². The number of nitrogens with zero attached hydrogens (tertiary/aromatic N) is 3. The monoisotopic (exact) mass is 252 g/mol. The van der Waals surface area contributed by atoms with Gasteiger partial charge in [0.1, 0.15) is 0 Å². The molecular weight excluding hydrogens is 236 g/mol. The van der Waals surface area contributed by atoms with Gasteiger partial charge >= 0.3 is 5.97 Å². The van der Waals surface area contributed by atoms with Crippen LogP contribution in [0.15, 0.2) is 12.1 Å². The molecule has 7 heteroatoms. The number of aromatic nitrogens is 2. The van der Waals surface area contributed by atoms with Gasteiger partial charge in [-0.2, -0.15) is 0 Å². The summed E-state index contributed by atoms with van der Waals surface area (Å²) in [5.74, 6) is -0.600. The Morgan fingerprint density at radius 2 is 2.11 bits per heavy atom. The summed E-state index contributed by atoms with van der Waals surface area (Å²) in [5.41, 5.74) is 0.232. The van der Waals surface area contributed by atoms with E-state index in [1.807, 2.05) is 6.92 Å². The summed E-state index contributed by atoms with van der Waals surface area (Å²) < 4.78 is 0. The molecule has 0 fully saturated rings. The predicted octanol–water partition coefficient (Wildman–Crippen LogP) is 0.137. The Balaban J connectivity index is 2.75. The first kappa shape index (κ1) is 13.9. The molecule has 0 aromatic carbocycles. The van der Waals surface area contributed by atoms with Gasteiger partial charge in [0.2, 0.25) is 0 Å². The van der Waals surface area contributed by atoms with E-state index < -0.39 is 5.97 Å².